The molecule has 1 N–H and O–H groups in total. The van der Waals surface area contributed by atoms with E-state index >= 15 is 0 Å². The Morgan fingerprint density at radius 3 is 3.08 bits per heavy atom. The molecular formula is C20H25N3O2S. The molecule has 0 atom stereocenters. The Labute approximate surface area is 158 Å². The van der Waals surface area contributed by atoms with Crippen LogP contribution in [0, 0.1) is 5.92 Å². The molecular weight excluding hydrogens is 346 g/mol. The van der Waals surface area contributed by atoms with Crippen LogP contribution >= 0.6 is 11.3 Å². The first-order valence-electron chi connectivity index (χ1n) is 9.37. The van der Waals surface area contributed by atoms with Crippen molar-refractivity contribution < 1.29 is 9.53 Å². The summed E-state index contributed by atoms with van der Waals surface area (Å²) >= 11 is 1.51. The van der Waals surface area contributed by atoms with Crippen molar-refractivity contribution in [1.82, 2.24) is 9.88 Å². The standard InChI is InChI=1S/C20H25N3O2S/c1-14-4-7-23(8-5-14)12-17-13-26-20(21-17)22-19(24)11-15-2-3-18-16(10-15)6-9-25-18/h2-3,10,13-14H,4-9,11-12H2,1H3,(H,21,22,24). The Morgan fingerprint density at radius 1 is 1.38 bits per heavy atom. The quantitative estimate of drug-likeness (QED) is 0.874. The molecule has 5 nitrogen and oxygen atoms in total. The van der Waals surface area contributed by atoms with Crippen molar-refractivity contribution in [2.24, 2.45) is 5.92 Å². The molecule has 1 saturated heterocycles. The highest BCUT2D eigenvalue weighted by Gasteiger charge is 2.17. The summed E-state index contributed by atoms with van der Waals surface area (Å²) in [5.41, 5.74) is 3.27. The molecule has 0 radical (unpaired) electrons. The summed E-state index contributed by atoms with van der Waals surface area (Å²) in [6.45, 7) is 6.22. The maximum Gasteiger partial charge on any atom is 0.230 e. The summed E-state index contributed by atoms with van der Waals surface area (Å²) in [6, 6.07) is 6.01. The number of aromatic nitrogens is 1. The van der Waals surface area contributed by atoms with Gasteiger partial charge in [0.1, 0.15) is 5.75 Å². The number of carbonyl (C=O) groups excluding carboxylic acids is 1. The normalized spacial score (nSPS) is 17.7. The van der Waals surface area contributed by atoms with Crippen molar-refractivity contribution >= 4 is 22.4 Å². The molecule has 1 aromatic carbocycles. The number of hydrogen-bond acceptors (Lipinski definition) is 5. The molecule has 1 fully saturated rings. The SMILES string of the molecule is CC1CCN(Cc2csc(NC(=O)Cc3ccc4c(c3)CCO4)n2)CC1. The fourth-order valence-electron chi connectivity index (χ4n) is 3.59. The van der Waals surface area contributed by atoms with Gasteiger partial charge in [-0.2, -0.15) is 0 Å². The van der Waals surface area contributed by atoms with E-state index in [-0.39, 0.29) is 5.91 Å². The molecule has 0 bridgehead atoms. The largest absolute Gasteiger partial charge is 0.493 e. The van der Waals surface area contributed by atoms with Crippen molar-refractivity contribution in [3.8, 4) is 5.75 Å². The molecule has 0 aliphatic carbocycles. The molecule has 0 unspecified atom stereocenters. The third-order valence-electron chi connectivity index (χ3n) is 5.18. The van der Waals surface area contributed by atoms with E-state index in [1.165, 1.54) is 29.7 Å². The van der Waals surface area contributed by atoms with Crippen LogP contribution in [0.3, 0.4) is 0 Å². The second kappa shape index (κ2) is 7.76. The first kappa shape index (κ1) is 17.5. The molecule has 6 heteroatoms. The topological polar surface area (TPSA) is 54.5 Å². The lowest BCUT2D eigenvalue weighted by Crippen LogP contribution is -2.32. The molecule has 26 heavy (non-hydrogen) atoms. The lowest BCUT2D eigenvalue weighted by atomic mass is 9.99. The van der Waals surface area contributed by atoms with E-state index in [0.29, 0.717) is 11.6 Å². The highest BCUT2D eigenvalue weighted by atomic mass is 32.1. The Balaban J connectivity index is 1.30. The fourth-order valence-corrected chi connectivity index (χ4v) is 4.30. The summed E-state index contributed by atoms with van der Waals surface area (Å²) in [7, 11) is 0. The summed E-state index contributed by atoms with van der Waals surface area (Å²) in [5.74, 6) is 1.77. The molecule has 2 aliphatic heterocycles. The van der Waals surface area contributed by atoms with Gasteiger partial charge in [0.25, 0.3) is 0 Å². The lowest BCUT2D eigenvalue weighted by Gasteiger charge is -2.29. The number of ether oxygens (including phenoxy) is 1. The van der Waals surface area contributed by atoms with E-state index in [9.17, 15) is 4.79 Å². The average molecular weight is 372 g/mol. The lowest BCUT2D eigenvalue weighted by molar-refractivity contribution is -0.115. The number of nitrogens with one attached hydrogen (secondary N) is 1. The van der Waals surface area contributed by atoms with Gasteiger partial charge in [0.05, 0.1) is 18.7 Å². The number of nitrogens with zero attached hydrogens (tertiary/aromatic N) is 2. The number of piperidine rings is 1. The van der Waals surface area contributed by atoms with Gasteiger partial charge in [-0.15, -0.1) is 11.3 Å². The van der Waals surface area contributed by atoms with E-state index in [1.807, 2.05) is 12.1 Å². The molecule has 138 valence electrons. The van der Waals surface area contributed by atoms with Gasteiger partial charge >= 0.3 is 0 Å². The van der Waals surface area contributed by atoms with E-state index in [0.717, 1.165) is 55.6 Å². The maximum absolute atomic E-state index is 12.3. The highest BCUT2D eigenvalue weighted by molar-refractivity contribution is 7.13. The van der Waals surface area contributed by atoms with Crippen LogP contribution in [0.15, 0.2) is 23.6 Å². The first-order valence-corrected chi connectivity index (χ1v) is 10.2. The van der Waals surface area contributed by atoms with Crippen LogP contribution in [0.5, 0.6) is 5.75 Å². The second-order valence-electron chi connectivity index (χ2n) is 7.37. The predicted molar refractivity (Wildman–Crippen MR) is 104 cm³/mol. The number of benzene rings is 1. The van der Waals surface area contributed by atoms with Gasteiger partial charge < -0.3 is 10.1 Å². The maximum atomic E-state index is 12.3. The number of anilines is 1. The Kier molecular flexibility index (Phi) is 5.22. The number of rotatable bonds is 5. The van der Waals surface area contributed by atoms with Gasteiger partial charge in [-0.1, -0.05) is 19.1 Å². The summed E-state index contributed by atoms with van der Waals surface area (Å²) < 4.78 is 5.51. The zero-order valence-corrected chi connectivity index (χ0v) is 16.0. The van der Waals surface area contributed by atoms with Crippen LogP contribution in [0.2, 0.25) is 0 Å². The van der Waals surface area contributed by atoms with Crippen molar-refractivity contribution in [2.75, 3.05) is 25.0 Å². The fraction of sp³-hybridized carbons (Fsp3) is 0.500. The van der Waals surface area contributed by atoms with Crippen LogP contribution in [0.4, 0.5) is 5.13 Å². The van der Waals surface area contributed by atoms with E-state index in [2.05, 4.69) is 33.6 Å². The minimum atomic E-state index is -0.0171. The number of fused-ring (bicyclic) bond motifs is 1. The van der Waals surface area contributed by atoms with E-state index in [4.69, 9.17) is 4.74 Å². The second-order valence-corrected chi connectivity index (χ2v) is 8.23. The molecule has 4 rings (SSSR count). The summed E-state index contributed by atoms with van der Waals surface area (Å²) in [6.07, 6.45) is 3.82. The van der Waals surface area contributed by atoms with Crippen molar-refractivity contribution in [1.29, 1.82) is 0 Å². The average Bonchev–Trinajstić information content (AvgIpc) is 3.25. The minimum Gasteiger partial charge on any atom is -0.493 e. The van der Waals surface area contributed by atoms with E-state index < -0.39 is 0 Å². The number of carbonyl (C=O) groups is 1. The van der Waals surface area contributed by atoms with Crippen molar-refractivity contribution in [3.63, 3.8) is 0 Å². The zero-order valence-electron chi connectivity index (χ0n) is 15.2. The monoisotopic (exact) mass is 371 g/mol. The third kappa shape index (κ3) is 4.24. The Hall–Kier alpha value is -1.92. The van der Waals surface area contributed by atoms with Crippen LogP contribution in [-0.2, 0) is 24.2 Å². The van der Waals surface area contributed by atoms with Gasteiger partial charge in [-0.05, 0) is 49.0 Å². The predicted octanol–water partition coefficient (Wildman–Crippen LogP) is 3.49. The van der Waals surface area contributed by atoms with Crippen LogP contribution < -0.4 is 10.1 Å². The highest BCUT2D eigenvalue weighted by Crippen LogP contribution is 2.26. The number of likely N-dealkylation sites (tertiary alicyclic amines) is 1. The number of hydrogen-bond donors (Lipinski definition) is 1. The summed E-state index contributed by atoms with van der Waals surface area (Å²) in [5, 5.41) is 5.69. The molecule has 2 aliphatic rings. The van der Waals surface area contributed by atoms with Crippen molar-refractivity contribution in [2.45, 2.75) is 39.2 Å². The molecule has 0 spiro atoms. The molecule has 1 amide bonds. The van der Waals surface area contributed by atoms with Gasteiger partial charge in [0.2, 0.25) is 5.91 Å². The smallest absolute Gasteiger partial charge is 0.230 e. The minimum absolute atomic E-state index is 0.0171. The van der Waals surface area contributed by atoms with Crippen LogP contribution in [-0.4, -0.2) is 35.5 Å². The Bertz CT molecular complexity index is 781. The number of amides is 1. The van der Waals surface area contributed by atoms with E-state index in [1.54, 1.807) is 0 Å². The van der Waals surface area contributed by atoms with Gasteiger partial charge in [0, 0.05) is 18.3 Å². The third-order valence-corrected chi connectivity index (χ3v) is 5.99. The zero-order chi connectivity index (χ0) is 17.9. The number of thiazole rings is 1. The summed E-state index contributed by atoms with van der Waals surface area (Å²) in [4.78, 5) is 19.4. The van der Waals surface area contributed by atoms with Crippen LogP contribution in [0.1, 0.15) is 36.6 Å². The molecule has 3 heterocycles. The van der Waals surface area contributed by atoms with Crippen molar-refractivity contribution in [3.05, 3.63) is 40.4 Å². The van der Waals surface area contributed by atoms with Crippen LogP contribution in [0.25, 0.3) is 0 Å². The van der Waals surface area contributed by atoms with Gasteiger partial charge in [-0.3, -0.25) is 9.69 Å². The molecule has 1 aromatic heterocycles. The Morgan fingerprint density at radius 2 is 2.23 bits per heavy atom. The molecule has 2 aromatic rings. The molecule has 0 saturated carbocycles. The first-order chi connectivity index (χ1) is 12.7. The van der Waals surface area contributed by atoms with Gasteiger partial charge in [-0.25, -0.2) is 4.98 Å². The van der Waals surface area contributed by atoms with Gasteiger partial charge in [0.15, 0.2) is 5.13 Å².